The number of nitrogens with two attached hydrogens (primary N) is 1. The minimum Gasteiger partial charge on any atom is -0.493 e. The smallest absolute Gasteiger partial charge is 0.254 e. The molecule has 21 heavy (non-hydrogen) atoms. The maximum atomic E-state index is 12.5. The van der Waals surface area contributed by atoms with Crippen LogP contribution in [0.15, 0.2) is 16.6 Å². The summed E-state index contributed by atoms with van der Waals surface area (Å²) < 4.78 is 11.7. The largest absolute Gasteiger partial charge is 0.493 e. The van der Waals surface area contributed by atoms with Gasteiger partial charge in [0.1, 0.15) is 0 Å². The highest BCUT2D eigenvalue weighted by Crippen LogP contribution is 2.37. The van der Waals surface area contributed by atoms with Crippen LogP contribution in [0.1, 0.15) is 30.1 Å². The van der Waals surface area contributed by atoms with Gasteiger partial charge in [0.25, 0.3) is 5.91 Å². The number of carbonyl (C=O) groups is 1. The van der Waals surface area contributed by atoms with Gasteiger partial charge in [-0.15, -0.1) is 0 Å². The molecule has 1 amide bonds. The molecule has 0 saturated carbocycles. The zero-order chi connectivity index (χ0) is 15.4. The summed E-state index contributed by atoms with van der Waals surface area (Å²) in [5.41, 5.74) is 6.44. The number of likely N-dealkylation sites (tertiary alicyclic amines) is 1. The highest BCUT2D eigenvalue weighted by molar-refractivity contribution is 9.10. The molecule has 1 fully saturated rings. The van der Waals surface area contributed by atoms with Gasteiger partial charge in [0.05, 0.1) is 18.2 Å². The molecule has 0 aromatic heterocycles. The first-order valence-corrected chi connectivity index (χ1v) is 7.91. The minimum absolute atomic E-state index is 0.0241. The van der Waals surface area contributed by atoms with E-state index in [9.17, 15) is 4.79 Å². The summed E-state index contributed by atoms with van der Waals surface area (Å²) in [5, 5.41) is 0. The van der Waals surface area contributed by atoms with E-state index < -0.39 is 0 Å². The topological polar surface area (TPSA) is 64.8 Å². The van der Waals surface area contributed by atoms with E-state index in [0.29, 0.717) is 36.8 Å². The van der Waals surface area contributed by atoms with Crippen molar-refractivity contribution < 1.29 is 14.3 Å². The number of hydrogen-bond donors (Lipinski definition) is 1. The molecule has 2 rings (SSSR count). The third-order valence-electron chi connectivity index (χ3n) is 3.44. The molecule has 1 aliphatic heterocycles. The van der Waals surface area contributed by atoms with E-state index in [-0.39, 0.29) is 11.9 Å². The quantitative estimate of drug-likeness (QED) is 0.879. The average molecular weight is 357 g/mol. The van der Waals surface area contributed by atoms with Gasteiger partial charge >= 0.3 is 0 Å². The molecule has 1 atom stereocenters. The van der Waals surface area contributed by atoms with Crippen LogP contribution in [-0.2, 0) is 0 Å². The molecule has 0 radical (unpaired) electrons. The van der Waals surface area contributed by atoms with Gasteiger partial charge in [-0.25, -0.2) is 0 Å². The van der Waals surface area contributed by atoms with Gasteiger partial charge in [-0.05, 0) is 40.9 Å². The second-order valence-corrected chi connectivity index (χ2v) is 5.99. The van der Waals surface area contributed by atoms with Gasteiger partial charge in [-0.1, -0.05) is 6.92 Å². The molecule has 0 bridgehead atoms. The molecule has 6 heteroatoms. The Kier molecular flexibility index (Phi) is 5.47. The molecular weight excluding hydrogens is 336 g/mol. The third-order valence-corrected chi connectivity index (χ3v) is 4.03. The summed E-state index contributed by atoms with van der Waals surface area (Å²) in [6.45, 7) is 3.94. The summed E-state index contributed by atoms with van der Waals surface area (Å²) in [5.74, 6) is 1.17. The van der Waals surface area contributed by atoms with Gasteiger partial charge in [0, 0.05) is 24.7 Å². The molecule has 1 aromatic rings. The first-order valence-electron chi connectivity index (χ1n) is 7.12. The summed E-state index contributed by atoms with van der Waals surface area (Å²) >= 11 is 3.46. The number of benzene rings is 1. The number of carbonyl (C=O) groups excluding carboxylic acids is 1. The van der Waals surface area contributed by atoms with E-state index >= 15 is 0 Å². The van der Waals surface area contributed by atoms with Crippen molar-refractivity contribution in [2.45, 2.75) is 25.8 Å². The van der Waals surface area contributed by atoms with Crippen molar-refractivity contribution in [2.24, 2.45) is 5.73 Å². The van der Waals surface area contributed by atoms with Crippen LogP contribution in [0.4, 0.5) is 0 Å². The molecule has 2 N–H and O–H groups in total. The molecule has 1 aromatic carbocycles. The molecule has 1 aliphatic rings. The Morgan fingerprint density at radius 1 is 1.52 bits per heavy atom. The third kappa shape index (κ3) is 3.68. The SMILES string of the molecule is CCCOc1c(Br)cc(C(=O)N2CCC(N)C2)cc1OC. The van der Waals surface area contributed by atoms with Crippen molar-refractivity contribution >= 4 is 21.8 Å². The van der Waals surface area contributed by atoms with Crippen LogP contribution in [0.25, 0.3) is 0 Å². The van der Waals surface area contributed by atoms with E-state index in [2.05, 4.69) is 15.9 Å². The predicted molar refractivity (Wildman–Crippen MR) is 85.0 cm³/mol. The first-order chi connectivity index (χ1) is 10.1. The molecule has 1 heterocycles. The summed E-state index contributed by atoms with van der Waals surface area (Å²) in [6.07, 6.45) is 1.75. The maximum Gasteiger partial charge on any atom is 0.254 e. The molecule has 1 saturated heterocycles. The Balaban J connectivity index is 2.24. The van der Waals surface area contributed by atoms with Gasteiger partial charge in [0.2, 0.25) is 0 Å². The lowest BCUT2D eigenvalue weighted by atomic mass is 10.1. The van der Waals surface area contributed by atoms with Gasteiger partial charge in [-0.2, -0.15) is 0 Å². The predicted octanol–water partition coefficient (Wildman–Crippen LogP) is 2.42. The van der Waals surface area contributed by atoms with Gasteiger partial charge < -0.3 is 20.1 Å². The van der Waals surface area contributed by atoms with Crippen LogP contribution < -0.4 is 15.2 Å². The number of methoxy groups -OCH3 is 1. The van der Waals surface area contributed by atoms with Crippen molar-refractivity contribution in [3.8, 4) is 11.5 Å². The second kappa shape index (κ2) is 7.13. The zero-order valence-corrected chi connectivity index (χ0v) is 14.0. The summed E-state index contributed by atoms with van der Waals surface area (Å²) in [7, 11) is 1.57. The van der Waals surface area contributed by atoms with Crippen molar-refractivity contribution in [1.82, 2.24) is 4.90 Å². The van der Waals surface area contributed by atoms with E-state index in [1.807, 2.05) is 6.92 Å². The highest BCUT2D eigenvalue weighted by Gasteiger charge is 2.26. The van der Waals surface area contributed by atoms with Crippen LogP contribution in [-0.4, -0.2) is 43.7 Å². The average Bonchev–Trinajstić information content (AvgIpc) is 2.91. The Hall–Kier alpha value is -1.27. The van der Waals surface area contributed by atoms with E-state index in [4.69, 9.17) is 15.2 Å². The molecule has 5 nitrogen and oxygen atoms in total. The van der Waals surface area contributed by atoms with Crippen molar-refractivity contribution in [2.75, 3.05) is 26.8 Å². The van der Waals surface area contributed by atoms with Crippen LogP contribution in [0.5, 0.6) is 11.5 Å². The number of halogens is 1. The number of hydrogen-bond acceptors (Lipinski definition) is 4. The summed E-state index contributed by atoms with van der Waals surface area (Å²) in [6, 6.07) is 3.58. The standard InChI is InChI=1S/C15H21BrN2O3/c1-3-6-21-14-12(16)7-10(8-13(14)20-2)15(19)18-5-4-11(17)9-18/h7-8,11H,3-6,9,17H2,1-2H3. The van der Waals surface area contributed by atoms with Crippen molar-refractivity contribution in [3.05, 3.63) is 22.2 Å². The van der Waals surface area contributed by atoms with Crippen LogP contribution in [0.3, 0.4) is 0 Å². The maximum absolute atomic E-state index is 12.5. The van der Waals surface area contributed by atoms with E-state index in [1.165, 1.54) is 0 Å². The van der Waals surface area contributed by atoms with E-state index in [0.717, 1.165) is 17.3 Å². The fraction of sp³-hybridized carbons (Fsp3) is 0.533. The first kappa shape index (κ1) is 16.1. The van der Waals surface area contributed by atoms with Gasteiger partial charge in [-0.3, -0.25) is 4.79 Å². The van der Waals surface area contributed by atoms with E-state index in [1.54, 1.807) is 24.1 Å². The monoisotopic (exact) mass is 356 g/mol. The lowest BCUT2D eigenvalue weighted by Gasteiger charge is -2.18. The fourth-order valence-corrected chi connectivity index (χ4v) is 2.90. The fourth-order valence-electron chi connectivity index (χ4n) is 2.34. The second-order valence-electron chi connectivity index (χ2n) is 5.14. The Bertz CT molecular complexity index is 522. The lowest BCUT2D eigenvalue weighted by Crippen LogP contribution is -2.31. The summed E-state index contributed by atoms with van der Waals surface area (Å²) in [4.78, 5) is 14.3. The zero-order valence-electron chi connectivity index (χ0n) is 12.4. The molecule has 116 valence electrons. The molecule has 1 unspecified atom stereocenters. The van der Waals surface area contributed by atoms with Crippen LogP contribution >= 0.6 is 15.9 Å². The van der Waals surface area contributed by atoms with Crippen molar-refractivity contribution in [3.63, 3.8) is 0 Å². The number of ether oxygens (including phenoxy) is 2. The molecule has 0 spiro atoms. The minimum atomic E-state index is -0.0241. The van der Waals surface area contributed by atoms with Crippen molar-refractivity contribution in [1.29, 1.82) is 0 Å². The highest BCUT2D eigenvalue weighted by atomic mass is 79.9. The number of amides is 1. The Morgan fingerprint density at radius 3 is 2.86 bits per heavy atom. The Labute approximate surface area is 133 Å². The molecular formula is C15H21BrN2O3. The Morgan fingerprint density at radius 2 is 2.29 bits per heavy atom. The number of rotatable bonds is 5. The van der Waals surface area contributed by atoms with Crippen LogP contribution in [0, 0.1) is 0 Å². The lowest BCUT2D eigenvalue weighted by molar-refractivity contribution is 0.0790. The number of nitrogens with zero attached hydrogens (tertiary/aromatic N) is 1. The normalized spacial score (nSPS) is 17.9. The molecule has 0 aliphatic carbocycles. The van der Waals surface area contributed by atoms with Crippen LogP contribution in [0.2, 0.25) is 0 Å². The van der Waals surface area contributed by atoms with Gasteiger partial charge in [0.15, 0.2) is 11.5 Å².